The molecule has 10 heteroatoms. The third-order valence-corrected chi connectivity index (χ3v) is 6.70. The third kappa shape index (κ3) is 6.09. The largest absolute Gasteiger partial charge is 0.366 e. The van der Waals surface area contributed by atoms with Gasteiger partial charge in [-0.3, -0.25) is 19.0 Å². The molecule has 194 valence electrons. The molecular formula is C28H28N6O3S. The van der Waals surface area contributed by atoms with E-state index in [-0.39, 0.29) is 33.9 Å². The quantitative estimate of drug-likeness (QED) is 0.293. The Balaban J connectivity index is 1.59. The molecule has 0 aliphatic heterocycles. The zero-order valence-corrected chi connectivity index (χ0v) is 22.1. The summed E-state index contributed by atoms with van der Waals surface area (Å²) in [5.74, 6) is -1.19. The number of nitrogens with two attached hydrogens (primary N) is 2. The van der Waals surface area contributed by atoms with E-state index in [9.17, 15) is 14.4 Å². The van der Waals surface area contributed by atoms with Crippen LogP contribution >= 0.6 is 11.8 Å². The van der Waals surface area contributed by atoms with Crippen molar-refractivity contribution in [2.24, 2.45) is 11.5 Å². The van der Waals surface area contributed by atoms with Crippen LogP contribution in [0.5, 0.6) is 0 Å². The van der Waals surface area contributed by atoms with Gasteiger partial charge >= 0.3 is 0 Å². The number of anilines is 1. The van der Waals surface area contributed by atoms with Crippen molar-refractivity contribution in [1.82, 2.24) is 14.8 Å². The molecule has 3 aromatic carbocycles. The second kappa shape index (κ2) is 10.9. The molecule has 38 heavy (non-hydrogen) atoms. The van der Waals surface area contributed by atoms with Gasteiger partial charge in [0.05, 0.1) is 5.75 Å². The Morgan fingerprint density at radius 3 is 2.03 bits per heavy atom. The summed E-state index contributed by atoms with van der Waals surface area (Å²) < 4.78 is 1.91. The molecule has 0 radical (unpaired) electrons. The molecule has 9 nitrogen and oxygen atoms in total. The number of nitrogens with one attached hydrogen (secondary N) is 1. The number of rotatable bonds is 8. The van der Waals surface area contributed by atoms with Crippen molar-refractivity contribution in [3.63, 3.8) is 0 Å². The third-order valence-electron chi connectivity index (χ3n) is 5.78. The monoisotopic (exact) mass is 528 g/mol. The molecule has 0 bridgehead atoms. The summed E-state index contributed by atoms with van der Waals surface area (Å²) in [7, 11) is 0. The highest BCUT2D eigenvalue weighted by atomic mass is 32.2. The van der Waals surface area contributed by atoms with E-state index in [0.717, 1.165) is 11.3 Å². The van der Waals surface area contributed by atoms with Crippen LogP contribution in [0.1, 0.15) is 47.1 Å². The molecule has 0 fully saturated rings. The summed E-state index contributed by atoms with van der Waals surface area (Å²) in [4.78, 5) is 36.0. The number of hydrogen-bond acceptors (Lipinski definition) is 6. The molecule has 5 N–H and O–H groups in total. The van der Waals surface area contributed by atoms with Gasteiger partial charge in [0.25, 0.3) is 0 Å². The summed E-state index contributed by atoms with van der Waals surface area (Å²) in [6, 6.07) is 21.9. The van der Waals surface area contributed by atoms with Gasteiger partial charge in [-0.05, 0) is 41.3 Å². The van der Waals surface area contributed by atoms with Crippen LogP contribution < -0.4 is 16.8 Å². The van der Waals surface area contributed by atoms with E-state index in [0.29, 0.717) is 11.0 Å². The lowest BCUT2D eigenvalue weighted by atomic mass is 9.87. The topological polar surface area (TPSA) is 146 Å². The van der Waals surface area contributed by atoms with Crippen LogP contribution in [0.2, 0.25) is 0 Å². The summed E-state index contributed by atoms with van der Waals surface area (Å²) >= 11 is 1.21. The van der Waals surface area contributed by atoms with Crippen molar-refractivity contribution in [1.29, 1.82) is 0 Å². The first-order chi connectivity index (χ1) is 18.0. The van der Waals surface area contributed by atoms with Gasteiger partial charge in [0.2, 0.25) is 17.7 Å². The van der Waals surface area contributed by atoms with Gasteiger partial charge in [-0.2, -0.15) is 0 Å². The smallest absolute Gasteiger partial charge is 0.248 e. The van der Waals surface area contributed by atoms with Gasteiger partial charge in [0.1, 0.15) is 0 Å². The second-order valence-corrected chi connectivity index (χ2v) is 10.6. The number of para-hydroxylation sites is 1. The van der Waals surface area contributed by atoms with Gasteiger partial charge < -0.3 is 16.8 Å². The first kappa shape index (κ1) is 26.6. The Hall–Kier alpha value is -4.44. The predicted molar refractivity (Wildman–Crippen MR) is 148 cm³/mol. The number of benzene rings is 3. The lowest BCUT2D eigenvalue weighted by molar-refractivity contribution is -0.113. The van der Waals surface area contributed by atoms with Crippen molar-refractivity contribution in [2.75, 3.05) is 11.1 Å². The van der Waals surface area contributed by atoms with E-state index < -0.39 is 11.8 Å². The maximum atomic E-state index is 12.8. The number of nitrogens with zero attached hydrogens (tertiary/aromatic N) is 3. The van der Waals surface area contributed by atoms with Gasteiger partial charge in [-0.1, -0.05) is 75.0 Å². The molecule has 0 aliphatic carbocycles. The Bertz CT molecular complexity index is 1460. The fraction of sp³-hybridized carbons (Fsp3) is 0.179. The maximum absolute atomic E-state index is 12.8. The van der Waals surface area contributed by atoms with Crippen LogP contribution in [-0.2, 0) is 10.2 Å². The average Bonchev–Trinajstić information content (AvgIpc) is 3.31. The molecule has 4 rings (SSSR count). The number of amides is 3. The van der Waals surface area contributed by atoms with Gasteiger partial charge in [0.15, 0.2) is 11.0 Å². The number of aromatic nitrogens is 3. The fourth-order valence-electron chi connectivity index (χ4n) is 3.79. The molecule has 0 atom stereocenters. The Morgan fingerprint density at radius 2 is 1.47 bits per heavy atom. The normalized spacial score (nSPS) is 11.2. The number of thioether (sulfide) groups is 1. The molecule has 1 aromatic heterocycles. The highest BCUT2D eigenvalue weighted by molar-refractivity contribution is 7.99. The summed E-state index contributed by atoms with van der Waals surface area (Å²) in [5.41, 5.74) is 14.0. The lowest BCUT2D eigenvalue weighted by Crippen LogP contribution is -2.19. The predicted octanol–water partition coefficient (Wildman–Crippen LogP) is 4.16. The zero-order valence-electron chi connectivity index (χ0n) is 21.3. The van der Waals surface area contributed by atoms with Gasteiger partial charge in [-0.25, -0.2) is 0 Å². The van der Waals surface area contributed by atoms with Crippen LogP contribution in [-0.4, -0.2) is 38.2 Å². The van der Waals surface area contributed by atoms with Crippen LogP contribution in [0.15, 0.2) is 78.0 Å². The standard InChI is InChI=1S/C28H28N6O3S/c1-28(2,3)20-11-9-17(10-12-20)26-32-33-27(34(26)22-7-5-4-6-8-22)38-16-23(35)31-21-14-18(24(29)36)13-19(15-21)25(30)37/h4-15H,16H2,1-3H3,(H2,29,36)(H2,30,37)(H,31,35). The van der Waals surface area contributed by atoms with E-state index in [2.05, 4.69) is 48.4 Å². The molecule has 0 spiro atoms. The van der Waals surface area contributed by atoms with Crippen LogP contribution in [0.4, 0.5) is 5.69 Å². The number of primary amides is 2. The van der Waals surface area contributed by atoms with E-state index in [1.807, 2.05) is 47.0 Å². The first-order valence-electron chi connectivity index (χ1n) is 11.8. The molecule has 1 heterocycles. The highest BCUT2D eigenvalue weighted by Gasteiger charge is 2.19. The Morgan fingerprint density at radius 1 is 0.868 bits per heavy atom. The minimum absolute atomic E-state index is 0.000628. The van der Waals surface area contributed by atoms with Gasteiger partial charge in [0, 0.05) is 28.1 Å². The van der Waals surface area contributed by atoms with Crippen molar-refractivity contribution in [2.45, 2.75) is 31.3 Å². The minimum atomic E-state index is -0.739. The highest BCUT2D eigenvalue weighted by Crippen LogP contribution is 2.30. The van der Waals surface area contributed by atoms with E-state index in [1.165, 1.54) is 35.5 Å². The summed E-state index contributed by atoms with van der Waals surface area (Å²) in [5, 5.41) is 12.0. The lowest BCUT2D eigenvalue weighted by Gasteiger charge is -2.19. The van der Waals surface area contributed by atoms with Crippen molar-refractivity contribution in [3.05, 3.63) is 89.5 Å². The fourth-order valence-corrected chi connectivity index (χ4v) is 4.54. The number of carbonyl (C=O) groups is 3. The summed E-state index contributed by atoms with van der Waals surface area (Å²) in [6.45, 7) is 6.48. The molecule has 0 saturated heterocycles. The SMILES string of the molecule is CC(C)(C)c1ccc(-c2nnc(SCC(=O)Nc3cc(C(N)=O)cc(C(N)=O)c3)n2-c2ccccc2)cc1. The minimum Gasteiger partial charge on any atom is -0.366 e. The molecule has 4 aromatic rings. The van der Waals surface area contributed by atoms with Crippen LogP contribution in [0, 0.1) is 0 Å². The van der Waals surface area contributed by atoms with Gasteiger partial charge in [-0.15, -0.1) is 10.2 Å². The number of hydrogen-bond donors (Lipinski definition) is 3. The van der Waals surface area contributed by atoms with E-state index in [4.69, 9.17) is 11.5 Å². The van der Waals surface area contributed by atoms with E-state index in [1.54, 1.807) is 0 Å². The average molecular weight is 529 g/mol. The molecular weight excluding hydrogens is 500 g/mol. The molecule has 3 amide bonds. The molecule has 0 aliphatic rings. The number of carbonyl (C=O) groups excluding carboxylic acids is 3. The molecule has 0 saturated carbocycles. The summed E-state index contributed by atoms with van der Waals surface area (Å²) in [6.07, 6.45) is 0. The zero-order chi connectivity index (χ0) is 27.4. The molecule has 0 unspecified atom stereocenters. The first-order valence-corrected chi connectivity index (χ1v) is 12.8. The Kier molecular flexibility index (Phi) is 7.63. The van der Waals surface area contributed by atoms with Crippen molar-refractivity contribution in [3.8, 4) is 17.1 Å². The Labute approximate surface area is 224 Å². The van der Waals surface area contributed by atoms with Crippen LogP contribution in [0.3, 0.4) is 0 Å². The van der Waals surface area contributed by atoms with E-state index >= 15 is 0 Å². The van der Waals surface area contributed by atoms with Crippen molar-refractivity contribution >= 4 is 35.2 Å². The van der Waals surface area contributed by atoms with Crippen molar-refractivity contribution < 1.29 is 14.4 Å². The maximum Gasteiger partial charge on any atom is 0.248 e. The second-order valence-electron chi connectivity index (χ2n) is 9.67. The van der Waals surface area contributed by atoms with Crippen LogP contribution in [0.25, 0.3) is 17.1 Å².